The van der Waals surface area contributed by atoms with Crippen LogP contribution in [0.4, 0.5) is 10.5 Å². The van der Waals surface area contributed by atoms with Gasteiger partial charge in [-0.2, -0.15) is 0 Å². The van der Waals surface area contributed by atoms with Crippen molar-refractivity contribution >= 4 is 23.3 Å². The summed E-state index contributed by atoms with van der Waals surface area (Å²) in [4.78, 5) is 12.2. The van der Waals surface area contributed by atoms with Crippen LogP contribution < -0.4 is 29.6 Å². The number of amides is 2. The number of methoxy groups -OCH3 is 2. The summed E-state index contributed by atoms with van der Waals surface area (Å²) in [6.45, 7) is 0.542. The van der Waals surface area contributed by atoms with Crippen LogP contribution in [0.5, 0.6) is 23.0 Å². The van der Waals surface area contributed by atoms with Gasteiger partial charge >= 0.3 is 6.03 Å². The molecule has 0 aliphatic carbocycles. The van der Waals surface area contributed by atoms with Crippen LogP contribution >= 0.6 is 11.6 Å². The maximum atomic E-state index is 12.2. The fourth-order valence-electron chi connectivity index (χ4n) is 2.36. The summed E-state index contributed by atoms with van der Waals surface area (Å²) in [6, 6.07) is 8.29. The van der Waals surface area contributed by atoms with E-state index in [1.807, 2.05) is 18.2 Å². The van der Waals surface area contributed by atoms with E-state index in [4.69, 9.17) is 30.5 Å². The molecule has 0 aromatic heterocycles. The molecule has 0 saturated carbocycles. The minimum Gasteiger partial charge on any atom is -0.495 e. The molecule has 25 heavy (non-hydrogen) atoms. The molecular weight excluding hydrogens is 348 g/mol. The van der Waals surface area contributed by atoms with E-state index < -0.39 is 0 Å². The lowest BCUT2D eigenvalue weighted by Gasteiger charge is -2.14. The molecule has 2 amide bonds. The molecular formula is C17H17ClN2O5. The zero-order valence-electron chi connectivity index (χ0n) is 13.7. The number of hydrogen-bond donors (Lipinski definition) is 2. The van der Waals surface area contributed by atoms with Crippen molar-refractivity contribution in [2.75, 3.05) is 26.3 Å². The van der Waals surface area contributed by atoms with Crippen molar-refractivity contribution in [1.82, 2.24) is 5.32 Å². The van der Waals surface area contributed by atoms with Gasteiger partial charge in [-0.05, 0) is 17.7 Å². The van der Waals surface area contributed by atoms with Gasteiger partial charge in [-0.3, -0.25) is 0 Å². The van der Waals surface area contributed by atoms with E-state index in [-0.39, 0.29) is 12.8 Å². The number of benzene rings is 2. The molecule has 0 fully saturated rings. The lowest BCUT2D eigenvalue weighted by Crippen LogP contribution is -2.28. The number of ether oxygens (including phenoxy) is 4. The van der Waals surface area contributed by atoms with Crippen LogP contribution in [-0.4, -0.2) is 27.0 Å². The second-order valence-electron chi connectivity index (χ2n) is 5.18. The Bertz CT molecular complexity index is 797. The summed E-state index contributed by atoms with van der Waals surface area (Å²) in [5.41, 5.74) is 1.34. The first kappa shape index (κ1) is 17.0. The molecule has 2 aromatic carbocycles. The third-order valence-corrected chi connectivity index (χ3v) is 3.91. The number of hydrogen-bond acceptors (Lipinski definition) is 5. The molecule has 0 unspecified atom stereocenters. The van der Waals surface area contributed by atoms with Crippen LogP contribution in [0.15, 0.2) is 30.3 Å². The third-order valence-electron chi connectivity index (χ3n) is 3.61. The molecule has 7 nitrogen and oxygen atoms in total. The highest BCUT2D eigenvalue weighted by atomic mass is 35.5. The zero-order valence-corrected chi connectivity index (χ0v) is 14.5. The predicted molar refractivity (Wildman–Crippen MR) is 93.0 cm³/mol. The molecule has 132 valence electrons. The van der Waals surface area contributed by atoms with Gasteiger partial charge in [-0.1, -0.05) is 17.7 Å². The number of carbonyl (C=O) groups excluding carboxylic acids is 1. The first-order valence-electron chi connectivity index (χ1n) is 7.45. The smallest absolute Gasteiger partial charge is 0.319 e. The molecule has 0 bridgehead atoms. The highest BCUT2D eigenvalue weighted by molar-refractivity contribution is 6.32. The number of nitrogens with one attached hydrogen (secondary N) is 2. The summed E-state index contributed by atoms with van der Waals surface area (Å²) < 4.78 is 21.0. The topological polar surface area (TPSA) is 78.1 Å². The second-order valence-corrected chi connectivity index (χ2v) is 5.59. The summed E-state index contributed by atoms with van der Waals surface area (Å²) in [5.74, 6) is 2.24. The number of urea groups is 1. The van der Waals surface area contributed by atoms with Crippen molar-refractivity contribution in [3.63, 3.8) is 0 Å². The van der Waals surface area contributed by atoms with Gasteiger partial charge in [0.2, 0.25) is 6.79 Å². The van der Waals surface area contributed by atoms with E-state index in [1.54, 1.807) is 12.1 Å². The number of carbonyl (C=O) groups is 1. The van der Waals surface area contributed by atoms with Crippen molar-refractivity contribution in [2.24, 2.45) is 0 Å². The summed E-state index contributed by atoms with van der Waals surface area (Å²) in [6.07, 6.45) is 0. The largest absolute Gasteiger partial charge is 0.495 e. The molecule has 1 heterocycles. The van der Waals surface area contributed by atoms with Crippen molar-refractivity contribution in [3.05, 3.63) is 40.9 Å². The fourth-order valence-corrected chi connectivity index (χ4v) is 2.59. The Balaban J connectivity index is 1.64. The van der Waals surface area contributed by atoms with Gasteiger partial charge in [-0.15, -0.1) is 0 Å². The first-order chi connectivity index (χ1) is 12.1. The lowest BCUT2D eigenvalue weighted by molar-refractivity contribution is 0.174. The van der Waals surface area contributed by atoms with Gasteiger partial charge in [0, 0.05) is 18.7 Å². The Morgan fingerprint density at radius 3 is 2.64 bits per heavy atom. The highest BCUT2D eigenvalue weighted by Gasteiger charge is 2.15. The minimum atomic E-state index is -0.389. The standard InChI is InChI=1S/C17H17ClN2O5/c1-22-14-7-12(15(23-2)6-11(14)18)20-17(21)19-8-10-3-4-13-16(5-10)25-9-24-13/h3-7H,8-9H2,1-2H3,(H2,19,20,21). The van der Waals surface area contributed by atoms with Crippen molar-refractivity contribution in [3.8, 4) is 23.0 Å². The van der Waals surface area contributed by atoms with Crippen molar-refractivity contribution in [2.45, 2.75) is 6.54 Å². The second kappa shape index (κ2) is 7.40. The molecule has 3 rings (SSSR count). The molecule has 0 spiro atoms. The number of anilines is 1. The van der Waals surface area contributed by atoms with Gasteiger partial charge in [0.15, 0.2) is 11.5 Å². The monoisotopic (exact) mass is 364 g/mol. The molecule has 0 atom stereocenters. The quantitative estimate of drug-likeness (QED) is 0.850. The maximum absolute atomic E-state index is 12.2. The fraction of sp³-hybridized carbons (Fsp3) is 0.235. The lowest BCUT2D eigenvalue weighted by atomic mass is 10.2. The molecule has 1 aliphatic heterocycles. The van der Waals surface area contributed by atoms with E-state index in [9.17, 15) is 4.79 Å². The van der Waals surface area contributed by atoms with Crippen LogP contribution in [-0.2, 0) is 6.54 Å². The molecule has 0 radical (unpaired) electrons. The van der Waals surface area contributed by atoms with Crippen LogP contribution in [0.1, 0.15) is 5.56 Å². The Hall–Kier alpha value is -2.80. The number of rotatable bonds is 5. The Morgan fingerprint density at radius 1 is 1.12 bits per heavy atom. The van der Waals surface area contributed by atoms with Crippen LogP contribution in [0.2, 0.25) is 5.02 Å². The number of fused-ring (bicyclic) bond motifs is 1. The zero-order chi connectivity index (χ0) is 17.8. The van der Waals surface area contributed by atoms with Crippen molar-refractivity contribution in [1.29, 1.82) is 0 Å². The van der Waals surface area contributed by atoms with Gasteiger partial charge in [0.25, 0.3) is 0 Å². The van der Waals surface area contributed by atoms with Gasteiger partial charge in [0.05, 0.1) is 24.9 Å². The molecule has 2 aromatic rings. The highest BCUT2D eigenvalue weighted by Crippen LogP contribution is 2.36. The van der Waals surface area contributed by atoms with Crippen LogP contribution in [0.3, 0.4) is 0 Å². The normalized spacial score (nSPS) is 11.8. The molecule has 1 aliphatic rings. The minimum absolute atomic E-state index is 0.213. The van der Waals surface area contributed by atoms with E-state index in [0.717, 1.165) is 5.56 Å². The van der Waals surface area contributed by atoms with E-state index in [0.29, 0.717) is 40.3 Å². The van der Waals surface area contributed by atoms with Crippen LogP contribution in [0, 0.1) is 0 Å². The van der Waals surface area contributed by atoms with E-state index >= 15 is 0 Å². The van der Waals surface area contributed by atoms with Gasteiger partial charge in [-0.25, -0.2) is 4.79 Å². The average Bonchev–Trinajstić information content (AvgIpc) is 3.08. The average molecular weight is 365 g/mol. The van der Waals surface area contributed by atoms with Crippen LogP contribution in [0.25, 0.3) is 0 Å². The van der Waals surface area contributed by atoms with E-state index in [2.05, 4.69) is 10.6 Å². The number of halogens is 1. The predicted octanol–water partition coefficient (Wildman–Crippen LogP) is 3.41. The Labute approximate surface area is 149 Å². The third kappa shape index (κ3) is 3.83. The van der Waals surface area contributed by atoms with E-state index in [1.165, 1.54) is 14.2 Å². The SMILES string of the molecule is COc1cc(NC(=O)NCc2ccc3c(c2)OCO3)c(OC)cc1Cl. The molecule has 2 N–H and O–H groups in total. The van der Waals surface area contributed by atoms with Crippen molar-refractivity contribution < 1.29 is 23.7 Å². The summed E-state index contributed by atoms with van der Waals surface area (Å²) in [7, 11) is 2.99. The van der Waals surface area contributed by atoms with Gasteiger partial charge in [0.1, 0.15) is 11.5 Å². The summed E-state index contributed by atoms with van der Waals surface area (Å²) >= 11 is 6.05. The van der Waals surface area contributed by atoms with Gasteiger partial charge < -0.3 is 29.6 Å². The Kier molecular flexibility index (Phi) is 5.04. The molecule has 8 heteroatoms. The maximum Gasteiger partial charge on any atom is 0.319 e. The Morgan fingerprint density at radius 2 is 1.88 bits per heavy atom. The molecule has 0 saturated heterocycles. The first-order valence-corrected chi connectivity index (χ1v) is 7.83. The summed E-state index contributed by atoms with van der Waals surface area (Å²) in [5, 5.41) is 5.88.